The van der Waals surface area contributed by atoms with Crippen LogP contribution in [0.25, 0.3) is 127 Å². The summed E-state index contributed by atoms with van der Waals surface area (Å²) in [6, 6.07) is 88.3. The van der Waals surface area contributed by atoms with Gasteiger partial charge in [0, 0.05) is 27.3 Å². The zero-order valence-electron chi connectivity index (χ0n) is 42.3. The van der Waals surface area contributed by atoms with Crippen LogP contribution in [-0.4, -0.2) is 4.57 Å². The van der Waals surface area contributed by atoms with Crippen LogP contribution >= 0.6 is 0 Å². The van der Waals surface area contributed by atoms with E-state index in [1.807, 2.05) is 12.1 Å². The fraction of sp³-hybridized carbons (Fsp3) is 0.0822. The summed E-state index contributed by atoms with van der Waals surface area (Å²) in [5.74, 6) is 0. The summed E-state index contributed by atoms with van der Waals surface area (Å²) in [5, 5.41) is 19.7. The van der Waals surface area contributed by atoms with Crippen molar-refractivity contribution in [1.82, 2.24) is 4.57 Å². The molecule has 2 aliphatic rings. The summed E-state index contributed by atoms with van der Waals surface area (Å²) in [6.07, 6.45) is 0. The summed E-state index contributed by atoms with van der Waals surface area (Å²) in [7, 11) is 0. The molecular formula is C73H50N2. The van der Waals surface area contributed by atoms with Gasteiger partial charge in [0.05, 0.1) is 22.7 Å². The molecule has 2 aliphatic carbocycles. The first kappa shape index (κ1) is 43.3. The number of hydrogen-bond donors (Lipinski definition) is 0. The Morgan fingerprint density at radius 3 is 1.35 bits per heavy atom. The number of fused-ring (bicyclic) bond motifs is 12. The van der Waals surface area contributed by atoms with Crippen molar-refractivity contribution in [1.29, 1.82) is 5.26 Å². The quantitative estimate of drug-likeness (QED) is 0.158. The lowest BCUT2D eigenvalue weighted by Gasteiger charge is -2.24. The molecule has 1 aromatic heterocycles. The zero-order valence-corrected chi connectivity index (χ0v) is 42.3. The highest BCUT2D eigenvalue weighted by Gasteiger charge is 2.37. The van der Waals surface area contributed by atoms with E-state index in [0.29, 0.717) is 5.56 Å². The van der Waals surface area contributed by atoms with Crippen LogP contribution in [0.4, 0.5) is 0 Å². The Kier molecular flexibility index (Phi) is 9.15. The van der Waals surface area contributed by atoms with E-state index in [0.717, 1.165) is 38.6 Å². The Hall–Kier alpha value is -9.29. The van der Waals surface area contributed by atoms with Crippen molar-refractivity contribution >= 4 is 54.1 Å². The second kappa shape index (κ2) is 15.9. The van der Waals surface area contributed by atoms with Crippen molar-refractivity contribution in [2.75, 3.05) is 0 Å². The monoisotopic (exact) mass is 954 g/mol. The molecule has 2 nitrogen and oxygen atoms in total. The van der Waals surface area contributed by atoms with Crippen LogP contribution in [0.15, 0.2) is 231 Å². The predicted octanol–water partition coefficient (Wildman–Crippen LogP) is 19.4. The van der Waals surface area contributed by atoms with Gasteiger partial charge in [-0.2, -0.15) is 5.26 Å². The third-order valence-electron chi connectivity index (χ3n) is 17.2. The highest BCUT2D eigenvalue weighted by Crippen LogP contribution is 2.54. The molecule has 0 N–H and O–H groups in total. The molecule has 0 saturated heterocycles. The van der Waals surface area contributed by atoms with E-state index in [4.69, 9.17) is 0 Å². The summed E-state index contributed by atoms with van der Waals surface area (Å²) in [5.41, 5.74) is 23.8. The van der Waals surface area contributed by atoms with Crippen molar-refractivity contribution < 1.29 is 0 Å². The van der Waals surface area contributed by atoms with E-state index in [2.05, 4.69) is 257 Å². The van der Waals surface area contributed by atoms with Crippen molar-refractivity contribution in [2.24, 2.45) is 0 Å². The van der Waals surface area contributed by atoms with E-state index in [-0.39, 0.29) is 10.8 Å². The fourth-order valence-corrected chi connectivity index (χ4v) is 13.4. The Morgan fingerprint density at radius 1 is 0.320 bits per heavy atom. The smallest absolute Gasteiger partial charge is 0.0992 e. The van der Waals surface area contributed by atoms with Gasteiger partial charge >= 0.3 is 0 Å². The molecule has 0 fully saturated rings. The second-order valence-electron chi connectivity index (χ2n) is 21.9. The van der Waals surface area contributed by atoms with Crippen molar-refractivity contribution in [2.45, 2.75) is 38.5 Å². The minimum atomic E-state index is -0.169. The maximum absolute atomic E-state index is 10.0. The average molecular weight is 955 g/mol. The molecule has 0 saturated carbocycles. The molecule has 2 heteroatoms. The van der Waals surface area contributed by atoms with Crippen LogP contribution in [0.3, 0.4) is 0 Å². The molecule has 12 aromatic carbocycles. The molecule has 0 unspecified atom stereocenters. The maximum Gasteiger partial charge on any atom is 0.0992 e. The van der Waals surface area contributed by atoms with Crippen LogP contribution < -0.4 is 0 Å². The summed E-state index contributed by atoms with van der Waals surface area (Å²) >= 11 is 0. The number of para-hydroxylation sites is 1. The van der Waals surface area contributed by atoms with Gasteiger partial charge in [-0.05, 0) is 182 Å². The lowest BCUT2D eigenvalue weighted by atomic mass is 9.79. The Bertz CT molecular complexity index is 4650. The highest BCUT2D eigenvalue weighted by molar-refractivity contribution is 6.23. The Balaban J connectivity index is 1.03. The first-order valence-electron chi connectivity index (χ1n) is 26.2. The van der Waals surface area contributed by atoms with E-state index in [1.54, 1.807) is 0 Å². The molecule has 0 atom stereocenters. The van der Waals surface area contributed by atoms with Gasteiger partial charge in [0.15, 0.2) is 0 Å². The van der Waals surface area contributed by atoms with Gasteiger partial charge in [-0.15, -0.1) is 0 Å². The van der Waals surface area contributed by atoms with Gasteiger partial charge in [0.2, 0.25) is 0 Å². The molecular weight excluding hydrogens is 905 g/mol. The van der Waals surface area contributed by atoms with Gasteiger partial charge in [0.25, 0.3) is 0 Å². The second-order valence-corrected chi connectivity index (χ2v) is 21.9. The summed E-state index contributed by atoms with van der Waals surface area (Å²) in [4.78, 5) is 0. The Morgan fingerprint density at radius 2 is 0.760 bits per heavy atom. The van der Waals surface area contributed by atoms with Gasteiger partial charge < -0.3 is 4.57 Å². The standard InChI is InChI=1S/C73H50N2/c1-72(2)64-20-12-10-18-54(64)56-31-28-51(40-66(56)72)70-61-35-27-49(50-25-33-59-58-30-22-44(43-74)36-68(58)75(69(59)42-50)53-16-6-5-7-17-53)39-63(61)71(52-29-32-57-55-19-11-13-21-65(55)73(3,4)67(57)41-52)60-34-26-48(38-62(60)70)47-24-23-45-14-8-9-15-46(45)37-47/h5-42H,1-4H3. The molecule has 75 heavy (non-hydrogen) atoms. The van der Waals surface area contributed by atoms with Crippen LogP contribution in [0, 0.1) is 11.3 Å². The zero-order chi connectivity index (χ0) is 50.3. The largest absolute Gasteiger partial charge is 0.309 e. The van der Waals surface area contributed by atoms with Crippen LogP contribution in [0.1, 0.15) is 55.5 Å². The van der Waals surface area contributed by atoms with Gasteiger partial charge in [-0.1, -0.05) is 198 Å². The molecule has 15 rings (SSSR count). The summed E-state index contributed by atoms with van der Waals surface area (Å²) in [6.45, 7) is 9.53. The first-order valence-corrected chi connectivity index (χ1v) is 26.2. The third kappa shape index (κ3) is 6.32. The lowest BCUT2D eigenvalue weighted by molar-refractivity contribution is 0.660. The van der Waals surface area contributed by atoms with E-state index >= 15 is 0 Å². The molecule has 1 heterocycles. The van der Waals surface area contributed by atoms with Crippen molar-refractivity contribution in [3.63, 3.8) is 0 Å². The third-order valence-corrected chi connectivity index (χ3v) is 17.2. The van der Waals surface area contributed by atoms with Crippen molar-refractivity contribution in [3.8, 4) is 78.5 Å². The van der Waals surface area contributed by atoms with Gasteiger partial charge in [0.1, 0.15) is 0 Å². The van der Waals surface area contributed by atoms with Crippen LogP contribution in [0.5, 0.6) is 0 Å². The highest BCUT2D eigenvalue weighted by atomic mass is 15.0. The topological polar surface area (TPSA) is 28.7 Å². The number of benzene rings is 12. The average Bonchev–Trinajstić information content (AvgIpc) is 4.00. The first-order chi connectivity index (χ1) is 36.6. The number of nitrogens with zero attached hydrogens (tertiary/aromatic N) is 2. The van der Waals surface area contributed by atoms with Gasteiger partial charge in [-0.3, -0.25) is 0 Å². The minimum Gasteiger partial charge on any atom is -0.309 e. The molecule has 0 aliphatic heterocycles. The molecule has 0 radical (unpaired) electrons. The van der Waals surface area contributed by atoms with Crippen LogP contribution in [-0.2, 0) is 10.8 Å². The lowest BCUT2D eigenvalue weighted by Crippen LogP contribution is -2.15. The predicted molar refractivity (Wildman–Crippen MR) is 315 cm³/mol. The number of rotatable bonds is 5. The maximum atomic E-state index is 10.0. The normalized spacial score (nSPS) is 13.8. The van der Waals surface area contributed by atoms with E-state index in [9.17, 15) is 5.26 Å². The van der Waals surface area contributed by atoms with Crippen LogP contribution in [0.2, 0.25) is 0 Å². The molecule has 0 spiro atoms. The number of hydrogen-bond acceptors (Lipinski definition) is 1. The fourth-order valence-electron chi connectivity index (χ4n) is 13.4. The van der Waals surface area contributed by atoms with E-state index < -0.39 is 0 Å². The van der Waals surface area contributed by atoms with Crippen molar-refractivity contribution in [3.05, 3.63) is 258 Å². The molecule has 13 aromatic rings. The SMILES string of the molecule is CC1(C)c2ccccc2-c2ccc(-c3c4ccc(-c5ccc6c7ccc(C#N)cc7n(-c7ccccc7)c6c5)cc4c(-c4ccc5c(c4)C(C)(C)c4ccccc4-5)c4ccc(-c5ccc6ccccc6c5)cc34)cc21. The molecule has 352 valence electrons. The summed E-state index contributed by atoms with van der Waals surface area (Å²) < 4.78 is 2.32. The Labute approximate surface area is 437 Å². The van der Waals surface area contributed by atoms with Gasteiger partial charge in [-0.25, -0.2) is 0 Å². The number of aromatic nitrogens is 1. The van der Waals surface area contributed by atoms with E-state index in [1.165, 1.54) is 110 Å². The number of nitriles is 1. The molecule has 0 bridgehead atoms. The minimum absolute atomic E-state index is 0.164. The molecule has 0 amide bonds.